The van der Waals surface area contributed by atoms with Crippen LogP contribution in [0.25, 0.3) is 10.2 Å². The number of nitrogens with one attached hydrogen (secondary N) is 1. The van der Waals surface area contributed by atoms with Gasteiger partial charge in [0.25, 0.3) is 0 Å². The van der Waals surface area contributed by atoms with E-state index in [0.717, 1.165) is 30.4 Å². The van der Waals surface area contributed by atoms with Crippen LogP contribution in [0.1, 0.15) is 72.1 Å². The van der Waals surface area contributed by atoms with Gasteiger partial charge in [-0.25, -0.2) is 9.37 Å². The number of halogens is 4. The fourth-order valence-electron chi connectivity index (χ4n) is 9.66. The average molecular weight is 795 g/mol. The fourth-order valence-corrected chi connectivity index (χ4v) is 10.5. The second-order valence-electron chi connectivity index (χ2n) is 18.0. The molecule has 4 atom stereocenters. The molecular weight excluding hydrogens is 745 g/mol. The van der Waals surface area contributed by atoms with Gasteiger partial charge in [0.2, 0.25) is 11.8 Å². The summed E-state index contributed by atoms with van der Waals surface area (Å²) >= 11 is 1.34. The third-order valence-corrected chi connectivity index (χ3v) is 14.0. The van der Waals surface area contributed by atoms with E-state index in [-0.39, 0.29) is 74.9 Å². The second-order valence-corrected chi connectivity index (χ2v) is 18.9. The molecule has 0 radical (unpaired) electrons. The van der Waals surface area contributed by atoms with Gasteiger partial charge in [0.15, 0.2) is 0 Å². The summed E-state index contributed by atoms with van der Waals surface area (Å²) in [6.45, 7) is 7.50. The lowest BCUT2D eigenvalue weighted by atomic mass is 9.70. The van der Waals surface area contributed by atoms with E-state index in [1.165, 1.54) is 28.4 Å². The first-order valence-electron chi connectivity index (χ1n) is 19.4. The zero-order chi connectivity index (χ0) is 39.0. The summed E-state index contributed by atoms with van der Waals surface area (Å²) in [4.78, 5) is 47.6. The normalized spacial score (nSPS) is 30.2. The van der Waals surface area contributed by atoms with E-state index < -0.39 is 52.9 Å². The Bertz CT molecular complexity index is 1790. The van der Waals surface area contributed by atoms with Crippen LogP contribution >= 0.6 is 11.3 Å². The van der Waals surface area contributed by atoms with Gasteiger partial charge < -0.3 is 34.1 Å². The van der Waals surface area contributed by atoms with Gasteiger partial charge in [-0.05, 0) is 63.4 Å². The smallest absolute Gasteiger partial charge is 0.403 e. The third-order valence-electron chi connectivity index (χ3n) is 13.2. The summed E-state index contributed by atoms with van der Waals surface area (Å²) in [5.74, 6) is -2.82. The molecule has 9 rings (SSSR count). The van der Waals surface area contributed by atoms with Gasteiger partial charge >= 0.3 is 12.1 Å². The van der Waals surface area contributed by atoms with Crippen molar-refractivity contribution in [2.24, 2.45) is 27.6 Å². The number of hydrogen-bond donors (Lipinski definition) is 1. The molecule has 11 nitrogen and oxygen atoms in total. The van der Waals surface area contributed by atoms with Crippen LogP contribution in [0.5, 0.6) is 0 Å². The largest absolute Gasteiger partial charge is 0.460 e. The molecule has 2 amide bonds. The fraction of sp³-hybridized carbons (Fsp3) is 0.744. The predicted molar refractivity (Wildman–Crippen MR) is 194 cm³/mol. The van der Waals surface area contributed by atoms with Gasteiger partial charge in [-0.1, -0.05) is 13.8 Å². The molecule has 1 spiro atoms. The molecule has 5 aliphatic heterocycles. The van der Waals surface area contributed by atoms with Crippen LogP contribution in [-0.4, -0.2) is 111 Å². The summed E-state index contributed by atoms with van der Waals surface area (Å²) < 4.78 is 81.8. The van der Waals surface area contributed by atoms with Crippen molar-refractivity contribution in [3.63, 3.8) is 0 Å². The summed E-state index contributed by atoms with van der Waals surface area (Å²) in [5.41, 5.74) is -0.928. The van der Waals surface area contributed by atoms with Crippen molar-refractivity contribution in [2.45, 2.75) is 103 Å². The van der Waals surface area contributed by atoms with Crippen molar-refractivity contribution in [1.29, 1.82) is 0 Å². The first-order valence-corrected chi connectivity index (χ1v) is 20.3. The number of cyclic esters (lactones) is 1. The van der Waals surface area contributed by atoms with E-state index in [1.54, 1.807) is 5.51 Å². The molecular formula is C39H50F4N4O7S. The quantitative estimate of drug-likeness (QED) is 0.215. The highest BCUT2D eigenvalue weighted by Gasteiger charge is 2.71. The molecule has 1 N–H and O–H groups in total. The molecule has 7 aliphatic rings. The molecule has 302 valence electrons. The third kappa shape index (κ3) is 7.45. The maximum Gasteiger partial charge on any atom is 0.403 e. The molecule has 2 bridgehead atoms. The minimum atomic E-state index is -4.65. The van der Waals surface area contributed by atoms with E-state index in [9.17, 15) is 31.9 Å². The molecule has 55 heavy (non-hydrogen) atoms. The number of esters is 1. The number of ether oxygens (including phenoxy) is 4. The van der Waals surface area contributed by atoms with E-state index in [0.29, 0.717) is 43.4 Å². The molecule has 7 fully saturated rings. The first-order chi connectivity index (χ1) is 26.0. The monoisotopic (exact) mass is 794 g/mol. The Morgan fingerprint density at radius 2 is 1.87 bits per heavy atom. The molecule has 1 aromatic heterocycles. The van der Waals surface area contributed by atoms with Gasteiger partial charge in [0.1, 0.15) is 17.3 Å². The lowest BCUT2D eigenvalue weighted by Gasteiger charge is -2.51. The van der Waals surface area contributed by atoms with Crippen molar-refractivity contribution in [3.05, 3.63) is 23.5 Å². The molecule has 16 heteroatoms. The van der Waals surface area contributed by atoms with Gasteiger partial charge in [0, 0.05) is 43.1 Å². The Kier molecular flexibility index (Phi) is 9.93. The van der Waals surface area contributed by atoms with Gasteiger partial charge in [-0.2, -0.15) is 13.2 Å². The van der Waals surface area contributed by atoms with Crippen LogP contribution < -0.4 is 10.2 Å². The summed E-state index contributed by atoms with van der Waals surface area (Å²) in [6, 6.07) is 2.10. The number of hydrogen-bond acceptors (Lipinski definition) is 10. The minimum Gasteiger partial charge on any atom is -0.460 e. The number of carbonyl (C=O) groups excluding carboxylic acids is 3. The Balaban J connectivity index is 1.02. The maximum atomic E-state index is 14.9. The zero-order valence-corrected chi connectivity index (χ0v) is 32.4. The number of fused-ring (bicyclic) bond motifs is 4. The molecule has 1 unspecified atom stereocenters. The van der Waals surface area contributed by atoms with E-state index in [1.807, 2.05) is 25.7 Å². The number of nitrogens with zero attached hydrogens (tertiary/aromatic N) is 3. The number of likely N-dealkylation sites (tertiary alicyclic amines) is 1. The van der Waals surface area contributed by atoms with Crippen molar-refractivity contribution >= 4 is 45.0 Å². The van der Waals surface area contributed by atoms with Crippen molar-refractivity contribution in [1.82, 2.24) is 15.2 Å². The summed E-state index contributed by atoms with van der Waals surface area (Å²) in [5, 5.41) is 3.18. The molecule has 2 aromatic rings. The molecule has 2 saturated carbocycles. The van der Waals surface area contributed by atoms with E-state index in [4.69, 9.17) is 18.9 Å². The van der Waals surface area contributed by atoms with Crippen LogP contribution in [0.3, 0.4) is 0 Å². The lowest BCUT2D eigenvalue weighted by molar-refractivity contribution is -0.205. The topological polar surface area (TPSA) is 120 Å². The number of alkyl halides is 3. The van der Waals surface area contributed by atoms with Crippen LogP contribution in [0.2, 0.25) is 0 Å². The van der Waals surface area contributed by atoms with Crippen LogP contribution in [0.15, 0.2) is 17.6 Å². The first kappa shape index (κ1) is 38.8. The number of benzene rings is 1. The zero-order valence-electron chi connectivity index (χ0n) is 31.6. The summed E-state index contributed by atoms with van der Waals surface area (Å²) in [6.07, 6.45) is -0.854. The van der Waals surface area contributed by atoms with Crippen LogP contribution in [0.4, 0.5) is 23.2 Å². The highest BCUT2D eigenvalue weighted by molar-refractivity contribution is 7.17. The van der Waals surface area contributed by atoms with Crippen LogP contribution in [0, 0.1) is 33.4 Å². The standard InChI is InChI=1S/C39H50F4N4O7S/c1-23(52-20-36-6-4-25(5-7-36)53-21-36)29(16-51-15-26-12-35(2,3)13-31(48)54-26)45-33(49)27-14-46(30-11-24(40)10-28-32(30)55-22-44-28)17-37(27)18-47(19-37)34(50)38(8-9-38)39(41,42)43/h10-11,22-23,25-27,29H,4-9,12-21H2,1-3H3,(H,45,49)/t23-,25?,26?,27+,29-,36?/m1/s1. The highest BCUT2D eigenvalue weighted by Crippen LogP contribution is 2.60. The second kappa shape index (κ2) is 14.1. The Morgan fingerprint density at radius 1 is 1.13 bits per heavy atom. The molecule has 1 aromatic carbocycles. The number of rotatable bonds is 12. The minimum absolute atomic E-state index is 0.0288. The number of carbonyl (C=O) groups is 3. The average Bonchev–Trinajstić information content (AvgIpc) is 3.65. The SMILES string of the molecule is C[C@@H](OCC12CCC(CC1)OC2)[C@@H](COCC1CC(C)(C)CC(=O)O1)NC(=O)[C@@H]1CN(c2cc(F)cc3ncsc23)CC12CN(C(=O)C1(C(F)(F)F)CC1)C2. The van der Waals surface area contributed by atoms with Crippen molar-refractivity contribution < 1.29 is 50.9 Å². The molecule has 2 aliphatic carbocycles. The lowest BCUT2D eigenvalue weighted by Crippen LogP contribution is -2.66. The van der Waals surface area contributed by atoms with Gasteiger partial charge in [-0.15, -0.1) is 11.3 Å². The highest BCUT2D eigenvalue weighted by atomic mass is 32.1. The number of amides is 2. The molecule has 6 heterocycles. The van der Waals surface area contributed by atoms with Crippen molar-refractivity contribution in [2.75, 3.05) is 57.5 Å². The number of anilines is 1. The number of aromatic nitrogens is 1. The summed E-state index contributed by atoms with van der Waals surface area (Å²) in [7, 11) is 0. The maximum absolute atomic E-state index is 14.9. The Hall–Kier alpha value is -3.08. The Morgan fingerprint density at radius 3 is 2.53 bits per heavy atom. The van der Waals surface area contributed by atoms with E-state index in [2.05, 4.69) is 10.3 Å². The van der Waals surface area contributed by atoms with Gasteiger partial charge in [0.05, 0.1) is 78.4 Å². The van der Waals surface area contributed by atoms with E-state index >= 15 is 0 Å². The van der Waals surface area contributed by atoms with Crippen LogP contribution in [-0.2, 0) is 33.3 Å². The molecule has 5 saturated heterocycles. The predicted octanol–water partition coefficient (Wildman–Crippen LogP) is 5.64. The van der Waals surface area contributed by atoms with Gasteiger partial charge in [-0.3, -0.25) is 14.4 Å². The number of thiazole rings is 1. The Labute approximate surface area is 321 Å². The van der Waals surface area contributed by atoms with Crippen molar-refractivity contribution in [3.8, 4) is 0 Å².